The Morgan fingerprint density at radius 1 is 1.07 bits per heavy atom. The fraction of sp³-hybridized carbons (Fsp3) is 0.682. The van der Waals surface area contributed by atoms with Crippen molar-refractivity contribution in [3.63, 3.8) is 0 Å². The monoisotopic (exact) mass is 532 g/mol. The van der Waals surface area contributed by atoms with Crippen LogP contribution < -0.4 is 10.2 Å². The van der Waals surface area contributed by atoms with Gasteiger partial charge in [-0.05, 0) is 32.0 Å². The molecule has 1 atom stereocenters. The molecule has 1 N–H and O–H groups in total. The molecule has 30 heavy (non-hydrogen) atoms. The van der Waals surface area contributed by atoms with Crippen molar-refractivity contribution in [2.24, 2.45) is 10.9 Å². The van der Waals surface area contributed by atoms with Crippen LogP contribution in [-0.2, 0) is 0 Å². The van der Waals surface area contributed by atoms with Gasteiger partial charge < -0.3 is 24.9 Å². The van der Waals surface area contributed by atoms with Gasteiger partial charge in [-0.25, -0.2) is 4.39 Å². The molecule has 2 fully saturated rings. The molecule has 0 spiro atoms. The number of rotatable bonds is 6. The Balaban J connectivity index is 0.00000320. The molecule has 1 unspecified atom stereocenters. The van der Waals surface area contributed by atoms with Crippen LogP contribution in [0.4, 0.5) is 10.1 Å². The van der Waals surface area contributed by atoms with E-state index in [4.69, 9.17) is 4.99 Å². The van der Waals surface area contributed by atoms with Crippen LogP contribution in [0.1, 0.15) is 13.8 Å². The number of aliphatic imine (C=N–C) groups is 1. The number of piperazine rings is 2. The van der Waals surface area contributed by atoms with Crippen LogP contribution in [-0.4, -0.2) is 99.7 Å². The highest BCUT2D eigenvalue weighted by Gasteiger charge is 2.22. The number of nitrogens with zero attached hydrogens (tertiary/aromatic N) is 5. The summed E-state index contributed by atoms with van der Waals surface area (Å²) in [5, 5.41) is 3.45. The summed E-state index contributed by atoms with van der Waals surface area (Å²) < 4.78 is 14.1. The number of anilines is 1. The topological polar surface area (TPSA) is 37.4 Å². The SMILES string of the molecule is CCNC(=NCC(C)CN1CCN(C)CC1)N1CCN(c2ccccc2F)CC1.I. The van der Waals surface area contributed by atoms with Crippen LogP contribution in [0.25, 0.3) is 0 Å². The molecule has 0 radical (unpaired) electrons. The lowest BCUT2D eigenvalue weighted by molar-refractivity contribution is 0.140. The molecule has 1 aromatic carbocycles. The summed E-state index contributed by atoms with van der Waals surface area (Å²) in [4.78, 5) is 14.3. The van der Waals surface area contributed by atoms with E-state index in [1.165, 1.54) is 6.07 Å². The van der Waals surface area contributed by atoms with Crippen LogP contribution >= 0.6 is 24.0 Å². The minimum absolute atomic E-state index is 0. The Labute approximate surface area is 198 Å². The molecule has 8 heteroatoms. The number of nitrogens with one attached hydrogen (secondary N) is 1. The second kappa shape index (κ2) is 12.7. The van der Waals surface area contributed by atoms with Gasteiger partial charge in [-0.1, -0.05) is 19.1 Å². The summed E-state index contributed by atoms with van der Waals surface area (Å²) in [6, 6.07) is 7.05. The fourth-order valence-electron chi connectivity index (χ4n) is 4.06. The third-order valence-corrected chi connectivity index (χ3v) is 5.83. The number of guanidine groups is 1. The molecule has 0 amide bonds. The third-order valence-electron chi connectivity index (χ3n) is 5.83. The van der Waals surface area contributed by atoms with Crippen LogP contribution in [0, 0.1) is 11.7 Å². The van der Waals surface area contributed by atoms with E-state index >= 15 is 0 Å². The molecule has 2 aliphatic rings. The highest BCUT2D eigenvalue weighted by Crippen LogP contribution is 2.20. The van der Waals surface area contributed by atoms with E-state index in [-0.39, 0.29) is 29.8 Å². The van der Waals surface area contributed by atoms with Gasteiger partial charge >= 0.3 is 0 Å². The molecule has 3 rings (SSSR count). The molecule has 0 saturated carbocycles. The predicted molar refractivity (Wildman–Crippen MR) is 135 cm³/mol. The van der Waals surface area contributed by atoms with Crippen molar-refractivity contribution in [2.45, 2.75) is 13.8 Å². The second-order valence-corrected chi connectivity index (χ2v) is 8.33. The lowest BCUT2D eigenvalue weighted by Gasteiger charge is -2.38. The molecular weight excluding hydrogens is 494 g/mol. The zero-order valence-electron chi connectivity index (χ0n) is 18.7. The van der Waals surface area contributed by atoms with Crippen molar-refractivity contribution >= 4 is 35.6 Å². The van der Waals surface area contributed by atoms with Gasteiger partial charge in [-0.15, -0.1) is 24.0 Å². The summed E-state index contributed by atoms with van der Waals surface area (Å²) in [5.74, 6) is 1.39. The maximum absolute atomic E-state index is 14.1. The third kappa shape index (κ3) is 7.23. The van der Waals surface area contributed by atoms with Crippen molar-refractivity contribution in [3.8, 4) is 0 Å². The van der Waals surface area contributed by atoms with Crippen LogP contribution in [0.5, 0.6) is 0 Å². The van der Waals surface area contributed by atoms with Crippen LogP contribution in [0.2, 0.25) is 0 Å². The summed E-state index contributed by atoms with van der Waals surface area (Å²) in [7, 11) is 2.19. The lowest BCUT2D eigenvalue weighted by Crippen LogP contribution is -2.53. The van der Waals surface area contributed by atoms with E-state index in [0.29, 0.717) is 11.6 Å². The average molecular weight is 532 g/mol. The number of hydrogen-bond donors (Lipinski definition) is 1. The molecule has 170 valence electrons. The standard InChI is InChI=1S/C22H37FN6.HI/c1-4-24-22(25-17-19(2)18-27-11-9-26(3)10-12-27)29-15-13-28(14-16-29)21-8-6-5-7-20(21)23;/h5-8,19H,4,9-18H2,1-3H3,(H,24,25);1H. The quantitative estimate of drug-likeness (QED) is 0.346. The Morgan fingerprint density at radius 2 is 1.73 bits per heavy atom. The number of hydrogen-bond acceptors (Lipinski definition) is 4. The van der Waals surface area contributed by atoms with E-state index in [9.17, 15) is 4.39 Å². The van der Waals surface area contributed by atoms with Crippen molar-refractivity contribution in [3.05, 3.63) is 30.1 Å². The Bertz CT molecular complexity index is 657. The van der Waals surface area contributed by atoms with Gasteiger partial charge in [0.1, 0.15) is 5.82 Å². The maximum atomic E-state index is 14.1. The first-order chi connectivity index (χ1) is 14.1. The van der Waals surface area contributed by atoms with E-state index in [2.05, 4.69) is 45.8 Å². The molecule has 0 aliphatic carbocycles. The van der Waals surface area contributed by atoms with Crippen molar-refractivity contribution in [2.75, 3.05) is 83.9 Å². The predicted octanol–water partition coefficient (Wildman–Crippen LogP) is 2.41. The Hall–Kier alpha value is -1.13. The molecule has 1 aromatic rings. The highest BCUT2D eigenvalue weighted by molar-refractivity contribution is 14.0. The van der Waals surface area contributed by atoms with Crippen LogP contribution in [0.3, 0.4) is 0 Å². The number of para-hydroxylation sites is 1. The van der Waals surface area contributed by atoms with E-state index in [0.717, 1.165) is 78.0 Å². The summed E-state index contributed by atoms with van der Waals surface area (Å²) in [6.07, 6.45) is 0. The molecule has 0 bridgehead atoms. The van der Waals surface area contributed by atoms with Crippen LogP contribution in [0.15, 0.2) is 29.3 Å². The Morgan fingerprint density at radius 3 is 2.37 bits per heavy atom. The summed E-state index contributed by atoms with van der Waals surface area (Å²) in [5.41, 5.74) is 0.704. The highest BCUT2D eigenvalue weighted by atomic mass is 127. The van der Waals surface area contributed by atoms with Crippen molar-refractivity contribution in [1.29, 1.82) is 0 Å². The van der Waals surface area contributed by atoms with Gasteiger partial charge in [0.15, 0.2) is 5.96 Å². The number of likely N-dealkylation sites (N-methyl/N-ethyl adjacent to an activating group) is 1. The van der Waals surface area contributed by atoms with E-state index in [1.54, 1.807) is 6.07 Å². The van der Waals surface area contributed by atoms with Gasteiger partial charge in [-0.2, -0.15) is 0 Å². The van der Waals surface area contributed by atoms with E-state index in [1.807, 2.05) is 12.1 Å². The molecule has 2 saturated heterocycles. The van der Waals surface area contributed by atoms with Gasteiger partial charge in [0.05, 0.1) is 5.69 Å². The fourth-order valence-corrected chi connectivity index (χ4v) is 4.06. The van der Waals surface area contributed by atoms with E-state index < -0.39 is 0 Å². The second-order valence-electron chi connectivity index (χ2n) is 8.33. The number of benzene rings is 1. The largest absolute Gasteiger partial charge is 0.366 e. The van der Waals surface area contributed by atoms with Gasteiger partial charge in [0, 0.05) is 72.0 Å². The smallest absolute Gasteiger partial charge is 0.194 e. The number of halogens is 2. The summed E-state index contributed by atoms with van der Waals surface area (Å²) >= 11 is 0. The van der Waals surface area contributed by atoms with Gasteiger partial charge in [-0.3, -0.25) is 4.99 Å². The average Bonchev–Trinajstić information content (AvgIpc) is 2.73. The molecule has 2 aliphatic heterocycles. The van der Waals surface area contributed by atoms with Gasteiger partial charge in [0.2, 0.25) is 0 Å². The van der Waals surface area contributed by atoms with Crippen molar-refractivity contribution < 1.29 is 4.39 Å². The molecular formula is C22H38FIN6. The zero-order chi connectivity index (χ0) is 20.6. The normalized spacial score (nSPS) is 20.1. The summed E-state index contributed by atoms with van der Waals surface area (Å²) in [6.45, 7) is 15.2. The zero-order valence-corrected chi connectivity index (χ0v) is 21.0. The lowest BCUT2D eigenvalue weighted by atomic mass is 10.1. The van der Waals surface area contributed by atoms with Gasteiger partial charge in [0.25, 0.3) is 0 Å². The first-order valence-electron chi connectivity index (χ1n) is 11.0. The molecule has 2 heterocycles. The first kappa shape index (κ1) is 25.1. The first-order valence-corrected chi connectivity index (χ1v) is 11.0. The van der Waals surface area contributed by atoms with Crippen molar-refractivity contribution in [1.82, 2.24) is 20.0 Å². The minimum atomic E-state index is -0.140. The Kier molecular flexibility index (Phi) is 10.6. The molecule has 6 nitrogen and oxygen atoms in total. The minimum Gasteiger partial charge on any atom is -0.366 e. The molecule has 0 aromatic heterocycles. The maximum Gasteiger partial charge on any atom is 0.194 e.